The second kappa shape index (κ2) is 17.8. The predicted octanol–water partition coefficient (Wildman–Crippen LogP) is 19.1. The number of pyridine rings is 1. The number of benzene rings is 8. The number of hydrogen-bond acceptors (Lipinski definition) is 4. The van der Waals surface area contributed by atoms with Gasteiger partial charge in [0.25, 0.3) is 0 Å². The smallest absolute Gasteiger partial charge is 0.137 e. The SMILES string of the molecule is CC(C)(C)c1cc(-c2cc(C(C)(C)C)cc(-c3ccccc3)c2N2CN(c3cccc(Oc4cc5c6c7c(cccc7n(-c7cc(C(C)(C)C)ccn7)c6c4)n5-c4ccccc4)c3)c3ccccc32)cc(C(C)(C)C)c1. The van der Waals surface area contributed by atoms with Crippen LogP contribution in [-0.2, 0) is 21.7 Å². The molecule has 8 aromatic carbocycles. The number of para-hydroxylation sites is 3. The average Bonchev–Trinajstić information content (AvgIpc) is 4.11. The maximum absolute atomic E-state index is 7.14. The zero-order valence-electron chi connectivity index (χ0n) is 46.2. The highest BCUT2D eigenvalue weighted by molar-refractivity contribution is 6.25. The summed E-state index contributed by atoms with van der Waals surface area (Å²) in [5.74, 6) is 2.40. The van der Waals surface area contributed by atoms with Gasteiger partial charge in [-0.15, -0.1) is 0 Å². The molecule has 6 nitrogen and oxygen atoms in total. The van der Waals surface area contributed by atoms with Crippen molar-refractivity contribution in [2.75, 3.05) is 16.5 Å². The van der Waals surface area contributed by atoms with Crippen molar-refractivity contribution in [1.29, 1.82) is 0 Å². The first kappa shape index (κ1) is 48.8. The van der Waals surface area contributed by atoms with Gasteiger partial charge in [0.1, 0.15) is 24.0 Å². The van der Waals surface area contributed by atoms with Crippen LogP contribution in [0.1, 0.15) is 105 Å². The third kappa shape index (κ3) is 8.48. The van der Waals surface area contributed by atoms with E-state index in [-0.39, 0.29) is 21.7 Å². The van der Waals surface area contributed by atoms with Gasteiger partial charge in [0.15, 0.2) is 0 Å². The minimum absolute atomic E-state index is 0.0440. The third-order valence-electron chi connectivity index (χ3n) is 15.6. The molecule has 6 heteroatoms. The maximum Gasteiger partial charge on any atom is 0.137 e. The van der Waals surface area contributed by atoms with Gasteiger partial charge in [-0.2, -0.15) is 0 Å². The molecular formula is C70H69N5O. The molecule has 0 bridgehead atoms. The second-order valence-electron chi connectivity index (χ2n) is 25.1. The number of hydrogen-bond donors (Lipinski definition) is 0. The monoisotopic (exact) mass is 996 g/mol. The van der Waals surface area contributed by atoms with Crippen LogP contribution >= 0.6 is 0 Å². The van der Waals surface area contributed by atoms with E-state index in [1.807, 2.05) is 6.20 Å². The molecule has 12 rings (SSSR count). The summed E-state index contributed by atoms with van der Waals surface area (Å²) in [6, 6.07) is 66.8. The van der Waals surface area contributed by atoms with Crippen LogP contribution in [0.15, 0.2) is 188 Å². The van der Waals surface area contributed by atoms with E-state index < -0.39 is 0 Å². The highest BCUT2D eigenvalue weighted by Crippen LogP contribution is 2.53. The first-order chi connectivity index (χ1) is 36.2. The summed E-state index contributed by atoms with van der Waals surface area (Å²) < 4.78 is 11.8. The molecule has 0 aliphatic carbocycles. The Morgan fingerprint density at radius 1 is 0.382 bits per heavy atom. The quantitative estimate of drug-likeness (QED) is 0.152. The van der Waals surface area contributed by atoms with Crippen molar-refractivity contribution >= 4 is 55.6 Å². The van der Waals surface area contributed by atoms with E-state index in [4.69, 9.17) is 9.72 Å². The molecule has 0 saturated carbocycles. The Balaban J connectivity index is 1.01. The summed E-state index contributed by atoms with van der Waals surface area (Å²) in [5.41, 5.74) is 19.9. The maximum atomic E-state index is 7.14. The van der Waals surface area contributed by atoms with Gasteiger partial charge in [0, 0.05) is 57.7 Å². The van der Waals surface area contributed by atoms with Crippen molar-refractivity contribution in [3.8, 4) is 45.3 Å². The third-order valence-corrected chi connectivity index (χ3v) is 15.6. The van der Waals surface area contributed by atoms with Gasteiger partial charge >= 0.3 is 0 Å². The standard InChI is InChI=1S/C70H69N5O/c1-67(2,3)47-33-34-71-63(40-47)75-60-32-22-31-59-64(60)65-61(74(59)51-25-17-14-18-26-51)42-54(43-62(65)75)76-53-28-21-27-52(41-53)72-44-73(58-30-20-19-29-57(58)72)66-55(45-23-15-13-16-24-45)38-50(70(10,11)12)39-56(66)46-35-48(68(4,5)6)37-49(36-46)69(7,8)9/h13-43H,44H2,1-12H3. The van der Waals surface area contributed by atoms with E-state index in [1.54, 1.807) is 0 Å². The fourth-order valence-electron chi connectivity index (χ4n) is 11.3. The number of anilines is 4. The van der Waals surface area contributed by atoms with Crippen LogP contribution in [0.25, 0.3) is 66.6 Å². The lowest BCUT2D eigenvalue weighted by Crippen LogP contribution is -2.25. The zero-order chi connectivity index (χ0) is 53.1. The van der Waals surface area contributed by atoms with Crippen LogP contribution in [0, 0.1) is 0 Å². The molecule has 4 heterocycles. The summed E-state index contributed by atoms with van der Waals surface area (Å²) >= 11 is 0. The summed E-state index contributed by atoms with van der Waals surface area (Å²) in [5, 5.41) is 2.41. The van der Waals surface area contributed by atoms with E-state index in [0.29, 0.717) is 6.67 Å². The van der Waals surface area contributed by atoms with Gasteiger partial charge in [-0.1, -0.05) is 174 Å². The minimum atomic E-state index is -0.100. The lowest BCUT2D eigenvalue weighted by Gasteiger charge is -2.31. The van der Waals surface area contributed by atoms with Gasteiger partial charge < -0.3 is 19.1 Å². The largest absolute Gasteiger partial charge is 0.457 e. The Kier molecular flexibility index (Phi) is 11.4. The molecule has 11 aromatic rings. The zero-order valence-corrected chi connectivity index (χ0v) is 46.2. The van der Waals surface area contributed by atoms with Crippen molar-refractivity contribution in [1.82, 2.24) is 14.1 Å². The number of nitrogens with zero attached hydrogens (tertiary/aromatic N) is 5. The van der Waals surface area contributed by atoms with Crippen molar-refractivity contribution in [2.24, 2.45) is 0 Å². The summed E-state index contributed by atoms with van der Waals surface area (Å²) in [6.45, 7) is 28.4. The molecule has 0 spiro atoms. The lowest BCUT2D eigenvalue weighted by molar-refractivity contribution is 0.484. The highest BCUT2D eigenvalue weighted by atomic mass is 16.5. The molecule has 0 saturated heterocycles. The summed E-state index contributed by atoms with van der Waals surface area (Å²) in [7, 11) is 0. The Bertz CT molecular complexity index is 3950. The molecule has 3 aromatic heterocycles. The molecule has 0 atom stereocenters. The van der Waals surface area contributed by atoms with Crippen LogP contribution in [0.4, 0.5) is 22.7 Å². The molecule has 76 heavy (non-hydrogen) atoms. The van der Waals surface area contributed by atoms with Crippen LogP contribution in [0.5, 0.6) is 11.5 Å². The number of fused-ring (bicyclic) bond motifs is 1. The van der Waals surface area contributed by atoms with Crippen molar-refractivity contribution in [2.45, 2.75) is 105 Å². The van der Waals surface area contributed by atoms with E-state index in [0.717, 1.165) is 62.1 Å². The molecular weight excluding hydrogens is 927 g/mol. The Morgan fingerprint density at radius 3 is 1.53 bits per heavy atom. The fourth-order valence-corrected chi connectivity index (χ4v) is 11.3. The van der Waals surface area contributed by atoms with Gasteiger partial charge in [-0.05, 0) is 128 Å². The molecule has 1 aliphatic rings. The molecule has 380 valence electrons. The topological polar surface area (TPSA) is 38.5 Å². The van der Waals surface area contributed by atoms with Crippen LogP contribution in [0.3, 0.4) is 0 Å². The van der Waals surface area contributed by atoms with Crippen molar-refractivity contribution in [3.63, 3.8) is 0 Å². The molecule has 0 fully saturated rings. The Labute approximate surface area is 449 Å². The summed E-state index contributed by atoms with van der Waals surface area (Å²) in [6.07, 6.45) is 1.95. The van der Waals surface area contributed by atoms with E-state index in [2.05, 4.69) is 284 Å². The minimum Gasteiger partial charge on any atom is -0.457 e. The van der Waals surface area contributed by atoms with Crippen molar-refractivity contribution in [3.05, 3.63) is 210 Å². The average molecular weight is 996 g/mol. The first-order valence-electron chi connectivity index (χ1n) is 27.0. The summed E-state index contributed by atoms with van der Waals surface area (Å²) in [4.78, 5) is 10.0. The van der Waals surface area contributed by atoms with Crippen molar-refractivity contribution < 1.29 is 4.74 Å². The van der Waals surface area contributed by atoms with E-state index >= 15 is 0 Å². The predicted molar refractivity (Wildman–Crippen MR) is 321 cm³/mol. The van der Waals surface area contributed by atoms with E-state index in [1.165, 1.54) is 61.0 Å². The first-order valence-corrected chi connectivity index (χ1v) is 27.0. The lowest BCUT2D eigenvalue weighted by atomic mass is 9.77. The molecule has 1 aliphatic heterocycles. The highest BCUT2D eigenvalue weighted by Gasteiger charge is 2.34. The normalized spacial score (nSPS) is 13.4. The molecule has 0 N–H and O–H groups in total. The van der Waals surface area contributed by atoms with Gasteiger partial charge in [0.2, 0.25) is 0 Å². The van der Waals surface area contributed by atoms with Gasteiger partial charge in [0.05, 0.1) is 39.1 Å². The number of rotatable bonds is 8. The fraction of sp³-hybridized carbons (Fsp3) is 0.243. The molecule has 0 amide bonds. The number of ether oxygens (including phenoxy) is 1. The Morgan fingerprint density at radius 2 is 0.895 bits per heavy atom. The van der Waals surface area contributed by atoms with Gasteiger partial charge in [-0.25, -0.2) is 4.98 Å². The van der Waals surface area contributed by atoms with Crippen LogP contribution in [0.2, 0.25) is 0 Å². The molecule has 0 radical (unpaired) electrons. The van der Waals surface area contributed by atoms with E-state index in [9.17, 15) is 0 Å². The molecule has 0 unspecified atom stereocenters. The van der Waals surface area contributed by atoms with Crippen LogP contribution in [-0.4, -0.2) is 20.8 Å². The Hall–Kier alpha value is -8.09. The van der Waals surface area contributed by atoms with Gasteiger partial charge in [-0.3, -0.25) is 4.57 Å². The second-order valence-corrected chi connectivity index (χ2v) is 25.1. The van der Waals surface area contributed by atoms with Crippen LogP contribution < -0.4 is 14.5 Å². The number of aromatic nitrogens is 3.